The largest absolute Gasteiger partial charge is 0.380 e. The smallest absolute Gasteiger partial charge is 0.329 e. The van der Waals surface area contributed by atoms with Crippen LogP contribution in [0.1, 0.15) is 6.42 Å². The summed E-state index contributed by atoms with van der Waals surface area (Å²) in [6.07, 6.45) is 1.95. The Kier molecular flexibility index (Phi) is 3.33. The van der Waals surface area contributed by atoms with Crippen LogP contribution in [0.5, 0.6) is 0 Å². The molecule has 92 valence electrons. The van der Waals surface area contributed by atoms with Crippen molar-refractivity contribution in [2.75, 3.05) is 36.9 Å². The van der Waals surface area contributed by atoms with Gasteiger partial charge in [-0.15, -0.1) is 0 Å². The zero-order chi connectivity index (χ0) is 12.3. The number of nitrogen functional groups attached to an aromatic ring is 1. The fourth-order valence-electron chi connectivity index (χ4n) is 1.70. The molecule has 17 heavy (non-hydrogen) atoms. The van der Waals surface area contributed by atoms with E-state index in [-0.39, 0.29) is 17.5 Å². The van der Waals surface area contributed by atoms with Crippen molar-refractivity contribution in [2.45, 2.75) is 6.42 Å². The summed E-state index contributed by atoms with van der Waals surface area (Å²) >= 11 is 0. The van der Waals surface area contributed by atoms with Crippen LogP contribution in [0.4, 0.5) is 17.5 Å². The minimum absolute atomic E-state index is 0.0377. The Morgan fingerprint density at radius 3 is 3.06 bits per heavy atom. The maximum Gasteiger partial charge on any atom is 0.329 e. The van der Waals surface area contributed by atoms with Crippen LogP contribution in [0.15, 0.2) is 6.20 Å². The summed E-state index contributed by atoms with van der Waals surface area (Å²) in [7, 11) is 0. The van der Waals surface area contributed by atoms with Crippen molar-refractivity contribution in [3.05, 3.63) is 16.3 Å². The van der Waals surface area contributed by atoms with Crippen LogP contribution in [-0.4, -0.2) is 41.2 Å². The fourth-order valence-corrected chi connectivity index (χ4v) is 1.70. The highest BCUT2D eigenvalue weighted by Gasteiger charge is 2.23. The number of hydrogen-bond donors (Lipinski definition) is 1. The number of anilines is 2. The highest BCUT2D eigenvalue weighted by molar-refractivity contribution is 5.58. The Bertz CT molecular complexity index is 417. The molecule has 0 bridgehead atoms. The highest BCUT2D eigenvalue weighted by Crippen LogP contribution is 2.25. The van der Waals surface area contributed by atoms with Gasteiger partial charge in [0, 0.05) is 19.7 Å². The molecule has 0 radical (unpaired) electrons. The topological polar surface area (TPSA) is 107 Å². The minimum Gasteiger partial charge on any atom is -0.380 e. The van der Waals surface area contributed by atoms with Crippen molar-refractivity contribution in [3.8, 4) is 0 Å². The monoisotopic (exact) mass is 239 g/mol. The van der Waals surface area contributed by atoms with Gasteiger partial charge in [-0.25, -0.2) is 4.98 Å². The van der Waals surface area contributed by atoms with Gasteiger partial charge >= 0.3 is 5.69 Å². The third kappa shape index (κ3) is 2.59. The van der Waals surface area contributed by atoms with Crippen molar-refractivity contribution < 1.29 is 9.66 Å². The number of nitrogens with two attached hydrogens (primary N) is 1. The second-order valence-corrected chi connectivity index (χ2v) is 3.65. The summed E-state index contributed by atoms with van der Waals surface area (Å²) < 4.78 is 5.29. The lowest BCUT2D eigenvalue weighted by atomic mass is 10.3. The Balaban J connectivity index is 2.34. The lowest BCUT2D eigenvalue weighted by Crippen LogP contribution is -2.28. The predicted molar refractivity (Wildman–Crippen MR) is 60.7 cm³/mol. The second-order valence-electron chi connectivity index (χ2n) is 3.65. The Labute approximate surface area is 97.6 Å². The molecule has 2 N–H and O–H groups in total. The normalized spacial score (nSPS) is 16.6. The first-order valence-electron chi connectivity index (χ1n) is 5.28. The van der Waals surface area contributed by atoms with E-state index in [1.54, 1.807) is 0 Å². The van der Waals surface area contributed by atoms with Gasteiger partial charge in [-0.2, -0.15) is 4.98 Å². The molecule has 2 rings (SSSR count). The Morgan fingerprint density at radius 2 is 2.29 bits per heavy atom. The number of aromatic nitrogens is 2. The zero-order valence-corrected chi connectivity index (χ0v) is 9.20. The predicted octanol–water partition coefficient (Wildman–Crippen LogP) is 0.194. The maximum atomic E-state index is 10.9. The number of nitrogens with zero attached hydrogens (tertiary/aromatic N) is 4. The number of nitro groups is 1. The van der Waals surface area contributed by atoms with Crippen LogP contribution in [0.3, 0.4) is 0 Å². The molecule has 0 aromatic carbocycles. The van der Waals surface area contributed by atoms with Crippen LogP contribution in [-0.2, 0) is 4.74 Å². The van der Waals surface area contributed by atoms with Crippen molar-refractivity contribution in [2.24, 2.45) is 0 Å². The summed E-state index contributed by atoms with van der Waals surface area (Å²) in [5.41, 5.74) is 5.35. The Morgan fingerprint density at radius 1 is 1.47 bits per heavy atom. The van der Waals surface area contributed by atoms with E-state index in [0.717, 1.165) is 12.6 Å². The lowest BCUT2D eigenvalue weighted by Gasteiger charge is -2.20. The van der Waals surface area contributed by atoms with Crippen LogP contribution >= 0.6 is 0 Å². The molecule has 1 fully saturated rings. The van der Waals surface area contributed by atoms with Gasteiger partial charge in [0.1, 0.15) is 6.20 Å². The number of rotatable bonds is 2. The molecule has 0 spiro atoms. The third-order valence-electron chi connectivity index (χ3n) is 2.49. The molecule has 2 heterocycles. The third-order valence-corrected chi connectivity index (χ3v) is 2.49. The van der Waals surface area contributed by atoms with Crippen LogP contribution in [0.25, 0.3) is 0 Å². The van der Waals surface area contributed by atoms with Gasteiger partial charge in [0.15, 0.2) is 0 Å². The van der Waals surface area contributed by atoms with E-state index in [9.17, 15) is 10.1 Å². The molecule has 0 atom stereocenters. The van der Waals surface area contributed by atoms with E-state index in [0.29, 0.717) is 26.3 Å². The van der Waals surface area contributed by atoms with Gasteiger partial charge in [0.05, 0.1) is 11.5 Å². The van der Waals surface area contributed by atoms with Gasteiger partial charge in [-0.05, 0) is 6.42 Å². The molecule has 0 aliphatic carbocycles. The van der Waals surface area contributed by atoms with Crippen molar-refractivity contribution in [1.82, 2.24) is 9.97 Å². The quantitative estimate of drug-likeness (QED) is 0.579. The molecule has 8 nitrogen and oxygen atoms in total. The van der Waals surface area contributed by atoms with Crippen molar-refractivity contribution in [1.29, 1.82) is 0 Å². The summed E-state index contributed by atoms with van der Waals surface area (Å²) in [5.74, 6) is 0.309. The van der Waals surface area contributed by atoms with Gasteiger partial charge in [0.25, 0.3) is 0 Å². The Hall–Kier alpha value is -1.96. The van der Waals surface area contributed by atoms with Gasteiger partial charge < -0.3 is 15.4 Å². The van der Waals surface area contributed by atoms with Gasteiger partial charge in [-0.3, -0.25) is 10.1 Å². The molecule has 1 aromatic heterocycles. The molecular formula is C9H13N5O3. The SMILES string of the molecule is Nc1ncc([N+](=O)[O-])c(N2CCCOCC2)n1. The molecule has 8 heteroatoms. The van der Waals surface area contributed by atoms with Gasteiger partial charge in [0.2, 0.25) is 11.8 Å². The van der Waals surface area contributed by atoms with Crippen molar-refractivity contribution >= 4 is 17.5 Å². The highest BCUT2D eigenvalue weighted by atomic mass is 16.6. The molecule has 0 unspecified atom stereocenters. The number of hydrogen-bond acceptors (Lipinski definition) is 7. The molecule has 1 aliphatic rings. The average molecular weight is 239 g/mol. The zero-order valence-electron chi connectivity index (χ0n) is 9.20. The molecule has 1 aromatic rings. The molecule has 0 amide bonds. The summed E-state index contributed by atoms with van der Waals surface area (Å²) in [6.45, 7) is 2.42. The second kappa shape index (κ2) is 4.91. The van der Waals surface area contributed by atoms with Gasteiger partial charge in [-0.1, -0.05) is 0 Å². The van der Waals surface area contributed by atoms with E-state index in [2.05, 4.69) is 9.97 Å². The molecule has 1 saturated heterocycles. The first-order chi connectivity index (χ1) is 8.18. The van der Waals surface area contributed by atoms with E-state index >= 15 is 0 Å². The average Bonchev–Trinajstić information content (AvgIpc) is 2.56. The number of ether oxygens (including phenoxy) is 1. The standard InChI is InChI=1S/C9H13N5O3/c10-9-11-6-7(14(15)16)8(12-9)13-2-1-4-17-5-3-13/h6H,1-5H2,(H2,10,11,12). The van der Waals surface area contributed by atoms with Crippen LogP contribution < -0.4 is 10.6 Å². The first-order valence-corrected chi connectivity index (χ1v) is 5.28. The fraction of sp³-hybridized carbons (Fsp3) is 0.556. The summed E-state index contributed by atoms with van der Waals surface area (Å²) in [4.78, 5) is 19.8. The van der Waals surface area contributed by atoms with Crippen LogP contribution in [0, 0.1) is 10.1 Å². The van der Waals surface area contributed by atoms with E-state index in [4.69, 9.17) is 10.5 Å². The molecule has 0 saturated carbocycles. The summed E-state index contributed by atoms with van der Waals surface area (Å²) in [5, 5.41) is 10.9. The van der Waals surface area contributed by atoms with Crippen molar-refractivity contribution in [3.63, 3.8) is 0 Å². The summed E-state index contributed by atoms with van der Waals surface area (Å²) in [6, 6.07) is 0. The van der Waals surface area contributed by atoms with E-state index in [1.165, 1.54) is 0 Å². The molecular weight excluding hydrogens is 226 g/mol. The van der Waals surface area contributed by atoms with Crippen LogP contribution in [0.2, 0.25) is 0 Å². The molecule has 1 aliphatic heterocycles. The van der Waals surface area contributed by atoms with E-state index < -0.39 is 4.92 Å². The lowest BCUT2D eigenvalue weighted by molar-refractivity contribution is -0.384. The van der Waals surface area contributed by atoms with E-state index in [1.807, 2.05) is 4.90 Å². The maximum absolute atomic E-state index is 10.9. The first kappa shape index (κ1) is 11.5. The minimum atomic E-state index is -0.499.